The van der Waals surface area contributed by atoms with Crippen LogP contribution in [0.4, 0.5) is 0 Å². The van der Waals surface area contributed by atoms with Gasteiger partial charge < -0.3 is 20.4 Å². The normalized spacial score (nSPS) is 10.6. The molecule has 0 aliphatic heterocycles. The molecule has 14 heavy (non-hydrogen) atoms. The average Bonchev–Trinajstić information content (AvgIpc) is 2.17. The standard InChI is InChI=1S/C10H8O4/c11-7-3-1-5-6(10(7)14)2-4-8(12)9(5)13/h1-4,11-14H. The summed E-state index contributed by atoms with van der Waals surface area (Å²) in [5, 5.41) is 37.8. The van der Waals surface area contributed by atoms with Gasteiger partial charge in [-0.3, -0.25) is 0 Å². The van der Waals surface area contributed by atoms with E-state index in [0.717, 1.165) is 0 Å². The first-order valence-electron chi connectivity index (χ1n) is 3.97. The second kappa shape index (κ2) is 2.70. The van der Waals surface area contributed by atoms with E-state index in [1.54, 1.807) is 0 Å². The molecule has 0 heterocycles. The Balaban J connectivity index is 2.94. The zero-order chi connectivity index (χ0) is 10.3. The Kier molecular flexibility index (Phi) is 1.64. The molecule has 2 rings (SSSR count). The molecule has 0 bridgehead atoms. The number of hydrogen-bond donors (Lipinski definition) is 4. The first-order valence-corrected chi connectivity index (χ1v) is 3.97. The zero-order valence-electron chi connectivity index (χ0n) is 7.10. The van der Waals surface area contributed by atoms with Crippen molar-refractivity contribution in [3.8, 4) is 23.0 Å². The fourth-order valence-corrected chi connectivity index (χ4v) is 1.35. The Labute approximate surface area is 79.3 Å². The van der Waals surface area contributed by atoms with Crippen LogP contribution >= 0.6 is 0 Å². The molecular weight excluding hydrogens is 184 g/mol. The lowest BCUT2D eigenvalue weighted by atomic mass is 10.1. The highest BCUT2D eigenvalue weighted by Crippen LogP contribution is 2.40. The van der Waals surface area contributed by atoms with Gasteiger partial charge in [0, 0.05) is 10.8 Å². The molecule has 0 radical (unpaired) electrons. The smallest absolute Gasteiger partial charge is 0.165 e. The van der Waals surface area contributed by atoms with E-state index < -0.39 is 0 Å². The van der Waals surface area contributed by atoms with Crippen LogP contribution in [-0.2, 0) is 0 Å². The van der Waals surface area contributed by atoms with Gasteiger partial charge in [0.25, 0.3) is 0 Å². The topological polar surface area (TPSA) is 80.9 Å². The molecule has 2 aromatic carbocycles. The van der Waals surface area contributed by atoms with Crippen molar-refractivity contribution < 1.29 is 20.4 Å². The minimum Gasteiger partial charge on any atom is -0.504 e. The molecule has 4 nitrogen and oxygen atoms in total. The fourth-order valence-electron chi connectivity index (χ4n) is 1.35. The van der Waals surface area contributed by atoms with Crippen LogP contribution in [0, 0.1) is 0 Å². The van der Waals surface area contributed by atoms with Gasteiger partial charge in [-0.1, -0.05) is 0 Å². The lowest BCUT2D eigenvalue weighted by Crippen LogP contribution is -1.77. The maximum Gasteiger partial charge on any atom is 0.165 e. The molecule has 0 saturated heterocycles. The summed E-state index contributed by atoms with van der Waals surface area (Å²) in [6.07, 6.45) is 0. The van der Waals surface area contributed by atoms with Gasteiger partial charge in [0.2, 0.25) is 0 Å². The number of hydrogen-bond acceptors (Lipinski definition) is 4. The molecule has 0 fully saturated rings. The summed E-state index contributed by atoms with van der Waals surface area (Å²) >= 11 is 0. The molecular formula is C10H8O4. The van der Waals surface area contributed by atoms with Crippen LogP contribution in [0.3, 0.4) is 0 Å². The quantitative estimate of drug-likeness (QED) is 0.478. The average molecular weight is 192 g/mol. The Bertz CT molecular complexity index is 458. The molecule has 0 atom stereocenters. The maximum atomic E-state index is 9.43. The fraction of sp³-hybridized carbons (Fsp3) is 0. The van der Waals surface area contributed by atoms with E-state index in [4.69, 9.17) is 0 Å². The van der Waals surface area contributed by atoms with Crippen LogP contribution in [0.25, 0.3) is 10.8 Å². The summed E-state index contributed by atoms with van der Waals surface area (Å²) in [6.45, 7) is 0. The Morgan fingerprint density at radius 2 is 0.929 bits per heavy atom. The van der Waals surface area contributed by atoms with Gasteiger partial charge in [0.1, 0.15) is 0 Å². The summed E-state index contributed by atoms with van der Waals surface area (Å²) in [7, 11) is 0. The van der Waals surface area contributed by atoms with Gasteiger partial charge in [-0.15, -0.1) is 0 Å². The predicted molar refractivity (Wildman–Crippen MR) is 50.6 cm³/mol. The van der Waals surface area contributed by atoms with Crippen LogP contribution in [0.5, 0.6) is 23.0 Å². The van der Waals surface area contributed by atoms with E-state index in [1.807, 2.05) is 0 Å². The van der Waals surface area contributed by atoms with E-state index in [2.05, 4.69) is 0 Å². The van der Waals surface area contributed by atoms with Crippen molar-refractivity contribution in [2.24, 2.45) is 0 Å². The Morgan fingerprint density at radius 3 is 1.29 bits per heavy atom. The number of phenolic OH excluding ortho intramolecular Hbond substituents is 4. The maximum absolute atomic E-state index is 9.43. The highest BCUT2D eigenvalue weighted by molar-refractivity contribution is 5.96. The number of phenols is 4. The lowest BCUT2D eigenvalue weighted by Gasteiger charge is -2.05. The third kappa shape index (κ3) is 1.01. The van der Waals surface area contributed by atoms with Crippen LogP contribution < -0.4 is 0 Å². The molecule has 0 aliphatic rings. The van der Waals surface area contributed by atoms with E-state index in [1.165, 1.54) is 24.3 Å². The van der Waals surface area contributed by atoms with Gasteiger partial charge in [-0.25, -0.2) is 0 Å². The minimum atomic E-state index is -0.308. The van der Waals surface area contributed by atoms with Crippen molar-refractivity contribution in [3.63, 3.8) is 0 Å². The van der Waals surface area contributed by atoms with Crippen LogP contribution in [-0.4, -0.2) is 20.4 Å². The van der Waals surface area contributed by atoms with Crippen LogP contribution in [0.2, 0.25) is 0 Å². The first-order chi connectivity index (χ1) is 6.61. The number of aromatic hydroxyl groups is 4. The van der Waals surface area contributed by atoms with Crippen molar-refractivity contribution in [3.05, 3.63) is 24.3 Å². The summed E-state index contributed by atoms with van der Waals surface area (Å²) in [4.78, 5) is 0. The molecule has 4 heteroatoms. The summed E-state index contributed by atoms with van der Waals surface area (Å²) < 4.78 is 0. The molecule has 0 saturated carbocycles. The predicted octanol–water partition coefficient (Wildman–Crippen LogP) is 1.66. The van der Waals surface area contributed by atoms with Gasteiger partial charge in [0.15, 0.2) is 23.0 Å². The van der Waals surface area contributed by atoms with Gasteiger partial charge in [0.05, 0.1) is 0 Å². The zero-order valence-corrected chi connectivity index (χ0v) is 7.10. The summed E-state index contributed by atoms with van der Waals surface area (Å²) in [5.41, 5.74) is 0. The summed E-state index contributed by atoms with van der Waals surface area (Å²) in [6, 6.07) is 5.33. The third-order valence-corrected chi connectivity index (χ3v) is 2.10. The Hall–Kier alpha value is -2.10. The van der Waals surface area contributed by atoms with Crippen molar-refractivity contribution in [2.75, 3.05) is 0 Å². The molecule has 2 aromatic rings. The monoisotopic (exact) mass is 192 g/mol. The first kappa shape index (κ1) is 8.50. The molecule has 72 valence electrons. The number of rotatable bonds is 0. The molecule has 0 unspecified atom stereocenters. The lowest BCUT2D eigenvalue weighted by molar-refractivity contribution is 0.403. The van der Waals surface area contributed by atoms with E-state index in [0.29, 0.717) is 10.8 Å². The SMILES string of the molecule is Oc1ccc2c(O)c(O)ccc2c1O. The van der Waals surface area contributed by atoms with Crippen LogP contribution in [0.1, 0.15) is 0 Å². The minimum absolute atomic E-state index is 0.261. The van der Waals surface area contributed by atoms with E-state index in [-0.39, 0.29) is 23.0 Å². The molecule has 0 amide bonds. The highest BCUT2D eigenvalue weighted by atomic mass is 16.3. The van der Waals surface area contributed by atoms with Crippen molar-refractivity contribution in [1.29, 1.82) is 0 Å². The van der Waals surface area contributed by atoms with Gasteiger partial charge >= 0.3 is 0 Å². The van der Waals surface area contributed by atoms with Crippen molar-refractivity contribution in [2.45, 2.75) is 0 Å². The largest absolute Gasteiger partial charge is 0.504 e. The summed E-state index contributed by atoms with van der Waals surface area (Å²) in [5.74, 6) is -1.14. The van der Waals surface area contributed by atoms with Crippen molar-refractivity contribution in [1.82, 2.24) is 0 Å². The number of fused-ring (bicyclic) bond motifs is 1. The van der Waals surface area contributed by atoms with Gasteiger partial charge in [-0.2, -0.15) is 0 Å². The van der Waals surface area contributed by atoms with E-state index in [9.17, 15) is 20.4 Å². The molecule has 4 N–H and O–H groups in total. The van der Waals surface area contributed by atoms with E-state index >= 15 is 0 Å². The molecule has 0 aliphatic carbocycles. The molecule has 0 aromatic heterocycles. The third-order valence-electron chi connectivity index (χ3n) is 2.10. The second-order valence-electron chi connectivity index (χ2n) is 2.96. The van der Waals surface area contributed by atoms with Gasteiger partial charge in [-0.05, 0) is 24.3 Å². The van der Waals surface area contributed by atoms with Crippen molar-refractivity contribution >= 4 is 10.8 Å². The molecule has 0 spiro atoms. The number of benzene rings is 2. The Morgan fingerprint density at radius 1 is 0.571 bits per heavy atom. The second-order valence-corrected chi connectivity index (χ2v) is 2.96. The van der Waals surface area contributed by atoms with Crippen LogP contribution in [0.15, 0.2) is 24.3 Å². The highest BCUT2D eigenvalue weighted by Gasteiger charge is 2.10.